The largest absolute Gasteiger partial charge is 0.456 e. The first-order valence-electron chi connectivity index (χ1n) is 11.1. The lowest BCUT2D eigenvalue weighted by atomic mass is 9.53. The number of carbonyl (C=O) groups excluding carboxylic acids is 2. The highest BCUT2D eigenvalue weighted by atomic mass is 32.2. The lowest BCUT2D eigenvalue weighted by Crippen LogP contribution is -2.60. The summed E-state index contributed by atoms with van der Waals surface area (Å²) in [6.45, 7) is -0.811. The normalized spacial score (nSPS) is 28.5. The quantitative estimate of drug-likeness (QED) is 0.548. The van der Waals surface area contributed by atoms with Crippen molar-refractivity contribution in [3.63, 3.8) is 0 Å². The van der Waals surface area contributed by atoms with Gasteiger partial charge < -0.3 is 10.1 Å². The van der Waals surface area contributed by atoms with Crippen LogP contribution < -0.4 is 10.0 Å². The van der Waals surface area contributed by atoms with Gasteiger partial charge in [-0.1, -0.05) is 6.07 Å². The zero-order chi connectivity index (χ0) is 23.9. The Kier molecular flexibility index (Phi) is 6.47. The second kappa shape index (κ2) is 8.90. The molecular weight excluding hydrogens is 461 g/mol. The highest BCUT2D eigenvalue weighted by molar-refractivity contribution is 7.89. The van der Waals surface area contributed by atoms with E-state index in [2.05, 4.69) is 10.0 Å². The van der Waals surface area contributed by atoms with Gasteiger partial charge in [-0.05, 0) is 74.5 Å². The summed E-state index contributed by atoms with van der Waals surface area (Å²) in [5.41, 5.74) is -1.28. The summed E-state index contributed by atoms with van der Waals surface area (Å²) in [7, 11) is -4.24. The fraction of sp³-hybridized carbons (Fsp3) is 0.636. The Bertz CT molecular complexity index is 990. The monoisotopic (exact) mass is 488 g/mol. The number of hydrogen-bond donors (Lipinski definition) is 2. The van der Waals surface area contributed by atoms with E-state index in [9.17, 15) is 31.2 Å². The van der Waals surface area contributed by atoms with Gasteiger partial charge in [0.15, 0.2) is 6.61 Å². The van der Waals surface area contributed by atoms with Gasteiger partial charge in [0.25, 0.3) is 5.91 Å². The van der Waals surface area contributed by atoms with Crippen LogP contribution >= 0.6 is 0 Å². The van der Waals surface area contributed by atoms with Gasteiger partial charge in [0.05, 0.1) is 16.9 Å². The standard InChI is InChI=1S/C22H27F3N2O5S/c23-22(24,25)17-2-1-3-18(9-17)33(30,31)26-5-4-20(29)32-13-19(28)27-21-10-14-6-15(11-21)8-16(7-14)12-21/h1-3,9,14-16,26H,4-8,10-13H2,(H,27,28). The molecule has 0 spiro atoms. The molecule has 7 nitrogen and oxygen atoms in total. The van der Waals surface area contributed by atoms with Crippen molar-refractivity contribution in [1.82, 2.24) is 10.0 Å². The fourth-order valence-corrected chi connectivity index (χ4v) is 7.10. The van der Waals surface area contributed by atoms with E-state index in [1.54, 1.807) is 0 Å². The van der Waals surface area contributed by atoms with Crippen molar-refractivity contribution in [3.8, 4) is 0 Å². The zero-order valence-electron chi connectivity index (χ0n) is 18.0. The molecule has 4 aliphatic rings. The fourth-order valence-electron chi connectivity index (χ4n) is 6.02. The highest BCUT2D eigenvalue weighted by Crippen LogP contribution is 2.55. The van der Waals surface area contributed by atoms with Crippen molar-refractivity contribution in [2.75, 3.05) is 13.2 Å². The second-order valence-electron chi connectivity index (χ2n) is 9.58. The molecule has 0 saturated heterocycles. The molecule has 0 aliphatic heterocycles. The van der Waals surface area contributed by atoms with Crippen LogP contribution in [0, 0.1) is 17.8 Å². The van der Waals surface area contributed by atoms with Crippen LogP contribution in [-0.2, 0) is 30.5 Å². The van der Waals surface area contributed by atoms with Crippen LogP contribution in [0.15, 0.2) is 29.2 Å². The number of carbonyl (C=O) groups is 2. The number of esters is 1. The molecule has 4 bridgehead atoms. The molecule has 182 valence electrons. The molecule has 0 aromatic heterocycles. The van der Waals surface area contributed by atoms with Crippen molar-refractivity contribution in [1.29, 1.82) is 0 Å². The third kappa shape index (κ3) is 5.68. The lowest BCUT2D eigenvalue weighted by molar-refractivity contribution is -0.150. The predicted octanol–water partition coefficient (Wildman–Crippen LogP) is 3.00. The van der Waals surface area contributed by atoms with E-state index in [1.807, 2.05) is 0 Å². The topological polar surface area (TPSA) is 102 Å². The summed E-state index contributed by atoms with van der Waals surface area (Å²) in [6.07, 6.45) is 1.58. The van der Waals surface area contributed by atoms with Crippen LogP contribution in [-0.4, -0.2) is 39.0 Å². The summed E-state index contributed by atoms with van der Waals surface area (Å²) in [5, 5.41) is 3.08. The van der Waals surface area contributed by atoms with Crippen LogP contribution in [0.4, 0.5) is 13.2 Å². The summed E-state index contributed by atoms with van der Waals surface area (Å²) in [4.78, 5) is 23.7. The van der Waals surface area contributed by atoms with E-state index < -0.39 is 39.2 Å². The van der Waals surface area contributed by atoms with Crippen molar-refractivity contribution in [3.05, 3.63) is 29.8 Å². The molecule has 0 heterocycles. The molecule has 33 heavy (non-hydrogen) atoms. The van der Waals surface area contributed by atoms with Crippen molar-refractivity contribution < 1.29 is 35.9 Å². The molecule has 1 aromatic carbocycles. The van der Waals surface area contributed by atoms with E-state index in [0.717, 1.165) is 37.5 Å². The van der Waals surface area contributed by atoms with Gasteiger partial charge in [-0.15, -0.1) is 0 Å². The maximum atomic E-state index is 12.8. The number of rotatable bonds is 8. The van der Waals surface area contributed by atoms with Gasteiger partial charge in [-0.25, -0.2) is 13.1 Å². The van der Waals surface area contributed by atoms with Gasteiger partial charge >= 0.3 is 12.1 Å². The Balaban J connectivity index is 1.21. The maximum absolute atomic E-state index is 12.8. The van der Waals surface area contributed by atoms with E-state index in [-0.39, 0.29) is 24.4 Å². The molecule has 11 heteroatoms. The van der Waals surface area contributed by atoms with Crippen LogP contribution in [0.1, 0.15) is 50.5 Å². The maximum Gasteiger partial charge on any atom is 0.416 e. The van der Waals surface area contributed by atoms with Gasteiger partial charge in [0.2, 0.25) is 10.0 Å². The molecule has 4 aliphatic carbocycles. The van der Waals surface area contributed by atoms with Crippen LogP contribution in [0.25, 0.3) is 0 Å². The lowest BCUT2D eigenvalue weighted by Gasteiger charge is -2.56. The van der Waals surface area contributed by atoms with Crippen molar-refractivity contribution in [2.24, 2.45) is 17.8 Å². The van der Waals surface area contributed by atoms with E-state index in [1.165, 1.54) is 19.3 Å². The number of hydrogen-bond acceptors (Lipinski definition) is 5. The average molecular weight is 489 g/mol. The number of alkyl halides is 3. The average Bonchev–Trinajstić information content (AvgIpc) is 2.70. The van der Waals surface area contributed by atoms with Gasteiger partial charge in [0.1, 0.15) is 0 Å². The van der Waals surface area contributed by atoms with Crippen LogP contribution in [0.5, 0.6) is 0 Å². The van der Waals surface area contributed by atoms with E-state index in [4.69, 9.17) is 4.74 Å². The molecular formula is C22H27F3N2O5S. The minimum absolute atomic E-state index is 0.196. The third-order valence-electron chi connectivity index (χ3n) is 6.90. The summed E-state index contributed by atoms with van der Waals surface area (Å²) < 4.78 is 69.9. The molecule has 2 N–H and O–H groups in total. The minimum Gasteiger partial charge on any atom is -0.456 e. The Morgan fingerprint density at radius 2 is 1.67 bits per heavy atom. The van der Waals surface area contributed by atoms with Crippen molar-refractivity contribution >= 4 is 21.9 Å². The Hall–Kier alpha value is -2.14. The molecule has 0 atom stereocenters. The summed E-state index contributed by atoms with van der Waals surface area (Å²) >= 11 is 0. The van der Waals surface area contributed by atoms with E-state index in [0.29, 0.717) is 23.8 Å². The van der Waals surface area contributed by atoms with Gasteiger partial charge in [-0.3, -0.25) is 9.59 Å². The Labute approximate surface area is 190 Å². The first-order chi connectivity index (χ1) is 15.4. The molecule has 5 rings (SSSR count). The zero-order valence-corrected chi connectivity index (χ0v) is 18.8. The molecule has 4 saturated carbocycles. The molecule has 0 radical (unpaired) electrons. The Morgan fingerprint density at radius 3 is 2.24 bits per heavy atom. The van der Waals surface area contributed by atoms with Crippen LogP contribution in [0.3, 0.4) is 0 Å². The number of nitrogens with one attached hydrogen (secondary N) is 2. The second-order valence-corrected chi connectivity index (χ2v) is 11.3. The number of amides is 1. The highest BCUT2D eigenvalue weighted by Gasteiger charge is 2.51. The number of halogens is 3. The molecule has 4 fully saturated rings. The van der Waals surface area contributed by atoms with Crippen molar-refractivity contribution in [2.45, 2.75) is 61.6 Å². The third-order valence-corrected chi connectivity index (χ3v) is 8.36. The SMILES string of the molecule is O=C(COC(=O)CCNS(=O)(=O)c1cccc(C(F)(F)F)c1)NC12CC3CC(CC(C3)C1)C2. The number of sulfonamides is 1. The first-order valence-corrected chi connectivity index (χ1v) is 12.6. The summed E-state index contributed by atoms with van der Waals surface area (Å²) in [5.74, 6) is 0.828. The smallest absolute Gasteiger partial charge is 0.416 e. The predicted molar refractivity (Wildman–Crippen MR) is 111 cm³/mol. The minimum atomic E-state index is -4.67. The Morgan fingerprint density at radius 1 is 1.06 bits per heavy atom. The molecule has 0 unspecified atom stereocenters. The molecule has 1 aromatic rings. The number of benzene rings is 1. The van der Waals surface area contributed by atoms with Crippen LogP contribution in [0.2, 0.25) is 0 Å². The first kappa shape index (κ1) is 24.0. The molecule has 1 amide bonds. The van der Waals surface area contributed by atoms with Gasteiger partial charge in [-0.2, -0.15) is 13.2 Å². The summed E-state index contributed by atoms with van der Waals surface area (Å²) in [6, 6.07) is 3.32. The van der Waals surface area contributed by atoms with E-state index >= 15 is 0 Å². The number of ether oxygens (including phenoxy) is 1. The van der Waals surface area contributed by atoms with Gasteiger partial charge in [0, 0.05) is 12.1 Å².